The highest BCUT2D eigenvalue weighted by Crippen LogP contribution is 2.21. The van der Waals surface area contributed by atoms with Crippen LogP contribution in [0.4, 0.5) is 11.6 Å². The normalized spacial score (nSPS) is 16.1. The number of likely N-dealkylation sites (N-methyl/N-ethyl adjacent to an activating group) is 1. The standard InChI is InChI=1S/C19H27N5O/c1-15-4-6-16(7-5-15)17(23(2)3)13-20-18-12-19(22-14-21-18)24-8-10-25-11-9-24/h4-7,12,14,17H,8-11,13H2,1-3H3,(H,20,21,22). The van der Waals surface area contributed by atoms with E-state index in [0.29, 0.717) is 0 Å². The van der Waals surface area contributed by atoms with Crippen molar-refractivity contribution in [2.24, 2.45) is 0 Å². The van der Waals surface area contributed by atoms with Crippen molar-refractivity contribution in [3.05, 3.63) is 47.8 Å². The summed E-state index contributed by atoms with van der Waals surface area (Å²) in [7, 11) is 4.21. The Labute approximate surface area is 149 Å². The number of anilines is 2. The summed E-state index contributed by atoms with van der Waals surface area (Å²) in [6.45, 7) is 6.16. The Morgan fingerprint density at radius 1 is 1.16 bits per heavy atom. The van der Waals surface area contributed by atoms with Crippen LogP contribution in [-0.4, -0.2) is 61.8 Å². The molecule has 0 spiro atoms. The summed E-state index contributed by atoms with van der Waals surface area (Å²) >= 11 is 0. The second-order valence-electron chi connectivity index (χ2n) is 6.63. The van der Waals surface area contributed by atoms with Crippen LogP contribution in [0.25, 0.3) is 0 Å². The van der Waals surface area contributed by atoms with Gasteiger partial charge in [-0.25, -0.2) is 9.97 Å². The molecule has 1 fully saturated rings. The molecule has 2 aromatic rings. The van der Waals surface area contributed by atoms with Crippen molar-refractivity contribution in [2.45, 2.75) is 13.0 Å². The highest BCUT2D eigenvalue weighted by atomic mass is 16.5. The molecular formula is C19H27N5O. The van der Waals surface area contributed by atoms with Gasteiger partial charge in [0, 0.05) is 25.7 Å². The lowest BCUT2D eigenvalue weighted by atomic mass is 10.0. The van der Waals surface area contributed by atoms with E-state index in [2.05, 4.69) is 70.4 Å². The number of ether oxygens (including phenoxy) is 1. The molecule has 6 heteroatoms. The number of aromatic nitrogens is 2. The third-order valence-electron chi connectivity index (χ3n) is 4.55. The van der Waals surface area contributed by atoms with Crippen LogP contribution in [0.1, 0.15) is 17.2 Å². The van der Waals surface area contributed by atoms with E-state index in [1.165, 1.54) is 11.1 Å². The van der Waals surface area contributed by atoms with Gasteiger partial charge in [0.25, 0.3) is 0 Å². The van der Waals surface area contributed by atoms with Crippen LogP contribution in [0.2, 0.25) is 0 Å². The fourth-order valence-corrected chi connectivity index (χ4v) is 3.00. The SMILES string of the molecule is Cc1ccc(C(CNc2cc(N3CCOCC3)ncn2)N(C)C)cc1. The Kier molecular flexibility index (Phi) is 5.83. The number of nitrogens with zero attached hydrogens (tertiary/aromatic N) is 4. The first-order valence-corrected chi connectivity index (χ1v) is 8.75. The predicted molar refractivity (Wildman–Crippen MR) is 101 cm³/mol. The summed E-state index contributed by atoms with van der Waals surface area (Å²) < 4.78 is 5.41. The fourth-order valence-electron chi connectivity index (χ4n) is 3.00. The molecule has 1 aromatic heterocycles. The van der Waals surface area contributed by atoms with Gasteiger partial charge >= 0.3 is 0 Å². The third-order valence-corrected chi connectivity index (χ3v) is 4.55. The zero-order valence-corrected chi connectivity index (χ0v) is 15.3. The Morgan fingerprint density at radius 3 is 2.56 bits per heavy atom. The van der Waals surface area contributed by atoms with Crippen molar-refractivity contribution in [1.29, 1.82) is 0 Å². The second-order valence-corrected chi connectivity index (χ2v) is 6.63. The van der Waals surface area contributed by atoms with Gasteiger partial charge in [0.1, 0.15) is 18.0 Å². The molecule has 3 rings (SSSR count). The van der Waals surface area contributed by atoms with Gasteiger partial charge in [-0.3, -0.25) is 0 Å². The Balaban J connectivity index is 1.67. The van der Waals surface area contributed by atoms with Gasteiger partial charge in [-0.2, -0.15) is 0 Å². The molecule has 0 bridgehead atoms. The number of hydrogen-bond acceptors (Lipinski definition) is 6. The van der Waals surface area contributed by atoms with Gasteiger partial charge in [0.15, 0.2) is 0 Å². The molecule has 1 aliphatic heterocycles. The van der Waals surface area contributed by atoms with Crippen LogP contribution in [0.15, 0.2) is 36.7 Å². The first-order chi connectivity index (χ1) is 12.1. The molecule has 1 aliphatic rings. The molecular weight excluding hydrogens is 314 g/mol. The highest BCUT2D eigenvalue weighted by Gasteiger charge is 2.16. The summed E-state index contributed by atoms with van der Waals surface area (Å²) in [5.74, 6) is 1.81. The third kappa shape index (κ3) is 4.67. The van der Waals surface area contributed by atoms with Gasteiger partial charge < -0.3 is 19.9 Å². The van der Waals surface area contributed by atoms with Crippen LogP contribution in [-0.2, 0) is 4.74 Å². The number of nitrogens with one attached hydrogen (secondary N) is 1. The van der Waals surface area contributed by atoms with Crippen LogP contribution >= 0.6 is 0 Å². The van der Waals surface area contributed by atoms with Crippen molar-refractivity contribution in [3.63, 3.8) is 0 Å². The molecule has 6 nitrogen and oxygen atoms in total. The van der Waals surface area contributed by atoms with Crippen LogP contribution in [0.3, 0.4) is 0 Å². The minimum absolute atomic E-state index is 0.280. The van der Waals surface area contributed by atoms with E-state index in [9.17, 15) is 0 Å². The number of rotatable bonds is 6. The molecule has 0 radical (unpaired) electrons. The summed E-state index contributed by atoms with van der Waals surface area (Å²) in [6, 6.07) is 11.0. The monoisotopic (exact) mass is 341 g/mol. The smallest absolute Gasteiger partial charge is 0.134 e. The van der Waals surface area contributed by atoms with Crippen molar-refractivity contribution in [1.82, 2.24) is 14.9 Å². The van der Waals surface area contributed by atoms with Crippen molar-refractivity contribution >= 4 is 11.6 Å². The lowest BCUT2D eigenvalue weighted by Gasteiger charge is -2.28. The van der Waals surface area contributed by atoms with E-state index in [1.807, 2.05) is 6.07 Å². The van der Waals surface area contributed by atoms with Gasteiger partial charge in [-0.15, -0.1) is 0 Å². The van der Waals surface area contributed by atoms with Crippen molar-refractivity contribution in [3.8, 4) is 0 Å². The number of aryl methyl sites for hydroxylation is 1. The number of hydrogen-bond donors (Lipinski definition) is 1. The van der Waals surface area contributed by atoms with E-state index in [1.54, 1.807) is 6.33 Å². The number of benzene rings is 1. The van der Waals surface area contributed by atoms with E-state index in [-0.39, 0.29) is 6.04 Å². The summed E-state index contributed by atoms with van der Waals surface area (Å²) in [4.78, 5) is 13.2. The van der Waals surface area contributed by atoms with E-state index in [4.69, 9.17) is 4.74 Å². The average Bonchev–Trinajstić information content (AvgIpc) is 2.64. The van der Waals surface area contributed by atoms with Crippen LogP contribution in [0.5, 0.6) is 0 Å². The maximum absolute atomic E-state index is 5.41. The Morgan fingerprint density at radius 2 is 1.88 bits per heavy atom. The second kappa shape index (κ2) is 8.27. The molecule has 25 heavy (non-hydrogen) atoms. The van der Waals surface area contributed by atoms with Crippen molar-refractivity contribution < 1.29 is 4.74 Å². The summed E-state index contributed by atoms with van der Waals surface area (Å²) in [6.07, 6.45) is 1.63. The predicted octanol–water partition coefficient (Wildman–Crippen LogP) is 2.34. The molecule has 1 saturated heterocycles. The lowest BCUT2D eigenvalue weighted by Crippen LogP contribution is -2.36. The quantitative estimate of drug-likeness (QED) is 0.870. The topological polar surface area (TPSA) is 53.5 Å². The molecule has 2 heterocycles. The summed E-state index contributed by atoms with van der Waals surface area (Å²) in [5.41, 5.74) is 2.57. The van der Waals surface area contributed by atoms with Crippen molar-refractivity contribution in [2.75, 3.05) is 57.2 Å². The van der Waals surface area contributed by atoms with Gasteiger partial charge in [-0.05, 0) is 26.6 Å². The molecule has 1 atom stereocenters. The van der Waals surface area contributed by atoms with E-state index < -0.39 is 0 Å². The Hall–Kier alpha value is -2.18. The van der Waals surface area contributed by atoms with E-state index in [0.717, 1.165) is 44.5 Å². The van der Waals surface area contributed by atoms with Gasteiger partial charge in [0.05, 0.1) is 19.3 Å². The average molecular weight is 341 g/mol. The van der Waals surface area contributed by atoms with Gasteiger partial charge in [-0.1, -0.05) is 29.8 Å². The summed E-state index contributed by atoms with van der Waals surface area (Å²) in [5, 5.41) is 3.47. The zero-order chi connectivity index (χ0) is 17.6. The molecule has 1 unspecified atom stereocenters. The first kappa shape index (κ1) is 17.6. The first-order valence-electron chi connectivity index (χ1n) is 8.75. The maximum atomic E-state index is 5.41. The molecule has 1 aromatic carbocycles. The molecule has 0 saturated carbocycles. The lowest BCUT2D eigenvalue weighted by molar-refractivity contribution is 0.122. The fraction of sp³-hybridized carbons (Fsp3) is 0.474. The van der Waals surface area contributed by atoms with Crippen LogP contribution in [0, 0.1) is 6.92 Å². The molecule has 1 N–H and O–H groups in total. The van der Waals surface area contributed by atoms with Gasteiger partial charge in [0.2, 0.25) is 0 Å². The maximum Gasteiger partial charge on any atom is 0.134 e. The number of morpholine rings is 1. The Bertz CT molecular complexity index is 668. The molecule has 0 aliphatic carbocycles. The molecule has 134 valence electrons. The minimum Gasteiger partial charge on any atom is -0.378 e. The largest absolute Gasteiger partial charge is 0.378 e. The zero-order valence-electron chi connectivity index (χ0n) is 15.3. The molecule has 0 amide bonds. The van der Waals surface area contributed by atoms with Crippen LogP contribution < -0.4 is 10.2 Å². The van der Waals surface area contributed by atoms with E-state index >= 15 is 0 Å². The minimum atomic E-state index is 0.280. The highest BCUT2D eigenvalue weighted by molar-refractivity contribution is 5.48.